The fourth-order valence-electron chi connectivity index (χ4n) is 2.66. The van der Waals surface area contributed by atoms with E-state index >= 15 is 0 Å². The van der Waals surface area contributed by atoms with Gasteiger partial charge in [0.25, 0.3) is 5.56 Å². The zero-order chi connectivity index (χ0) is 15.2. The van der Waals surface area contributed by atoms with Gasteiger partial charge in [0.05, 0.1) is 12.5 Å². The Labute approximate surface area is 124 Å². The van der Waals surface area contributed by atoms with E-state index in [1.54, 1.807) is 17.0 Å². The van der Waals surface area contributed by atoms with Crippen LogP contribution in [0.5, 0.6) is 0 Å². The monoisotopic (exact) mass is 293 g/mol. The van der Waals surface area contributed by atoms with E-state index in [9.17, 15) is 9.59 Å². The normalized spacial score (nSPS) is 16.0. The highest BCUT2D eigenvalue weighted by atomic mass is 16.5. The molecular formula is C15H23N3O3. The fourth-order valence-corrected chi connectivity index (χ4v) is 2.66. The molecule has 6 nitrogen and oxygen atoms in total. The molecule has 0 spiro atoms. The highest BCUT2D eigenvalue weighted by Crippen LogP contribution is 2.20. The molecule has 1 aromatic rings. The number of rotatable bonds is 5. The van der Waals surface area contributed by atoms with Crippen LogP contribution < -0.4 is 10.5 Å². The van der Waals surface area contributed by atoms with Crippen LogP contribution in [0, 0.1) is 5.92 Å². The number of esters is 1. The number of anilines is 1. The van der Waals surface area contributed by atoms with Crippen LogP contribution in [0.2, 0.25) is 0 Å². The van der Waals surface area contributed by atoms with Crippen LogP contribution in [0.3, 0.4) is 0 Å². The minimum Gasteiger partial charge on any atom is -0.466 e. The topological polar surface area (TPSA) is 64.4 Å². The molecule has 0 amide bonds. The zero-order valence-electron chi connectivity index (χ0n) is 12.7. The molecule has 0 unspecified atom stereocenters. The maximum absolute atomic E-state index is 12.3. The van der Waals surface area contributed by atoms with E-state index < -0.39 is 0 Å². The molecule has 1 saturated heterocycles. The summed E-state index contributed by atoms with van der Waals surface area (Å²) in [5, 5.41) is 0. The highest BCUT2D eigenvalue weighted by molar-refractivity contribution is 5.72. The summed E-state index contributed by atoms with van der Waals surface area (Å²) in [5.41, 5.74) is -0.0473. The van der Waals surface area contributed by atoms with Crippen molar-refractivity contribution in [2.24, 2.45) is 5.92 Å². The maximum Gasteiger partial charge on any atom is 0.309 e. The minimum absolute atomic E-state index is 0.0473. The molecule has 1 fully saturated rings. The third-order valence-electron chi connectivity index (χ3n) is 3.77. The molecule has 1 aromatic heterocycles. The predicted octanol–water partition coefficient (Wildman–Crippen LogP) is 1.43. The Balaban J connectivity index is 2.04. The lowest BCUT2D eigenvalue weighted by Gasteiger charge is -2.31. The molecule has 0 saturated carbocycles. The Hall–Kier alpha value is -1.85. The van der Waals surface area contributed by atoms with E-state index in [1.807, 2.05) is 18.7 Å². The standard InChI is InChI=1S/C15H23N3O3/c1-3-8-18-11-7-16-13(14(18)19)17-9-5-12(6-10-17)15(20)21-4-2/h7,11-12H,3-6,8-10H2,1-2H3. The van der Waals surface area contributed by atoms with Gasteiger partial charge in [0.2, 0.25) is 0 Å². The van der Waals surface area contributed by atoms with Crippen molar-refractivity contribution in [1.82, 2.24) is 9.55 Å². The van der Waals surface area contributed by atoms with E-state index in [-0.39, 0.29) is 17.4 Å². The molecule has 0 aromatic carbocycles. The van der Waals surface area contributed by atoms with E-state index in [2.05, 4.69) is 4.98 Å². The van der Waals surface area contributed by atoms with Crippen LogP contribution in [0.1, 0.15) is 33.1 Å². The number of hydrogen-bond donors (Lipinski definition) is 0. The van der Waals surface area contributed by atoms with Crippen molar-refractivity contribution in [1.29, 1.82) is 0 Å². The quantitative estimate of drug-likeness (QED) is 0.769. The summed E-state index contributed by atoms with van der Waals surface area (Å²) in [6, 6.07) is 0. The molecule has 116 valence electrons. The van der Waals surface area contributed by atoms with Gasteiger partial charge < -0.3 is 14.2 Å². The smallest absolute Gasteiger partial charge is 0.309 e. The Kier molecular flexibility index (Phi) is 5.36. The van der Waals surface area contributed by atoms with Gasteiger partial charge >= 0.3 is 5.97 Å². The van der Waals surface area contributed by atoms with Crippen LogP contribution in [0.4, 0.5) is 5.82 Å². The minimum atomic E-state index is -0.124. The third kappa shape index (κ3) is 3.62. The van der Waals surface area contributed by atoms with E-state index in [4.69, 9.17) is 4.74 Å². The van der Waals surface area contributed by atoms with Gasteiger partial charge in [-0.05, 0) is 26.2 Å². The number of carbonyl (C=O) groups excluding carboxylic acids is 1. The van der Waals surface area contributed by atoms with Gasteiger partial charge in [-0.3, -0.25) is 9.59 Å². The van der Waals surface area contributed by atoms with Crippen LogP contribution in [0.15, 0.2) is 17.2 Å². The predicted molar refractivity (Wildman–Crippen MR) is 80.4 cm³/mol. The maximum atomic E-state index is 12.3. The summed E-state index contributed by atoms with van der Waals surface area (Å²) in [4.78, 5) is 30.3. The Morgan fingerprint density at radius 1 is 1.38 bits per heavy atom. The van der Waals surface area contributed by atoms with E-state index in [0.717, 1.165) is 6.42 Å². The Morgan fingerprint density at radius 2 is 2.10 bits per heavy atom. The molecule has 0 bridgehead atoms. The number of nitrogens with zero attached hydrogens (tertiary/aromatic N) is 3. The van der Waals surface area contributed by atoms with Crippen molar-refractivity contribution in [2.45, 2.75) is 39.7 Å². The van der Waals surface area contributed by atoms with Gasteiger partial charge in [-0.15, -0.1) is 0 Å². The summed E-state index contributed by atoms with van der Waals surface area (Å²) in [7, 11) is 0. The number of ether oxygens (including phenoxy) is 1. The van der Waals surface area contributed by atoms with Gasteiger partial charge in [-0.1, -0.05) is 6.92 Å². The van der Waals surface area contributed by atoms with E-state index in [1.165, 1.54) is 0 Å². The molecule has 1 aliphatic heterocycles. The first-order chi connectivity index (χ1) is 10.2. The molecular weight excluding hydrogens is 270 g/mol. The lowest BCUT2D eigenvalue weighted by Crippen LogP contribution is -2.41. The molecule has 2 heterocycles. The van der Waals surface area contributed by atoms with Crippen molar-refractivity contribution in [3.8, 4) is 0 Å². The summed E-state index contributed by atoms with van der Waals surface area (Å²) < 4.78 is 6.75. The second kappa shape index (κ2) is 7.24. The average Bonchev–Trinajstić information content (AvgIpc) is 2.50. The fraction of sp³-hybridized carbons (Fsp3) is 0.667. The lowest BCUT2D eigenvalue weighted by atomic mass is 9.97. The summed E-state index contributed by atoms with van der Waals surface area (Å²) in [6.45, 7) is 6.31. The molecule has 0 aliphatic carbocycles. The van der Waals surface area contributed by atoms with Gasteiger partial charge in [0.1, 0.15) is 0 Å². The van der Waals surface area contributed by atoms with Crippen LogP contribution in [-0.2, 0) is 16.1 Å². The highest BCUT2D eigenvalue weighted by Gasteiger charge is 2.27. The first-order valence-corrected chi connectivity index (χ1v) is 7.64. The number of aryl methyl sites for hydroxylation is 1. The van der Waals surface area contributed by atoms with Crippen LogP contribution in [-0.4, -0.2) is 35.2 Å². The van der Waals surface area contributed by atoms with Crippen molar-refractivity contribution in [3.63, 3.8) is 0 Å². The first kappa shape index (κ1) is 15.5. The third-order valence-corrected chi connectivity index (χ3v) is 3.77. The zero-order valence-corrected chi connectivity index (χ0v) is 12.7. The molecule has 21 heavy (non-hydrogen) atoms. The summed E-state index contributed by atoms with van der Waals surface area (Å²) >= 11 is 0. The molecule has 1 aliphatic rings. The molecule has 6 heteroatoms. The molecule has 0 atom stereocenters. The molecule has 0 radical (unpaired) electrons. The second-order valence-corrected chi connectivity index (χ2v) is 5.26. The number of aromatic nitrogens is 2. The Bertz CT molecular complexity index is 533. The molecule has 2 rings (SSSR count). The number of hydrogen-bond acceptors (Lipinski definition) is 5. The van der Waals surface area contributed by atoms with Gasteiger partial charge in [0.15, 0.2) is 5.82 Å². The van der Waals surface area contributed by atoms with Gasteiger partial charge in [0, 0.05) is 32.0 Å². The van der Waals surface area contributed by atoms with Crippen molar-refractivity contribution in [3.05, 3.63) is 22.7 Å². The SMILES string of the molecule is CCCn1ccnc(N2CCC(C(=O)OCC)CC2)c1=O. The van der Waals surface area contributed by atoms with Crippen LogP contribution in [0.25, 0.3) is 0 Å². The molecule has 0 N–H and O–H groups in total. The number of piperidine rings is 1. The summed E-state index contributed by atoms with van der Waals surface area (Å²) in [5.74, 6) is 0.317. The van der Waals surface area contributed by atoms with E-state index in [0.29, 0.717) is 44.9 Å². The second-order valence-electron chi connectivity index (χ2n) is 5.26. The summed E-state index contributed by atoms with van der Waals surface area (Å²) in [6.07, 6.45) is 5.73. The lowest BCUT2D eigenvalue weighted by molar-refractivity contribution is -0.148. The van der Waals surface area contributed by atoms with Gasteiger partial charge in [-0.25, -0.2) is 4.98 Å². The Morgan fingerprint density at radius 3 is 2.71 bits per heavy atom. The van der Waals surface area contributed by atoms with Gasteiger partial charge in [-0.2, -0.15) is 0 Å². The van der Waals surface area contributed by atoms with Crippen LogP contribution >= 0.6 is 0 Å². The van der Waals surface area contributed by atoms with Crippen molar-refractivity contribution in [2.75, 3.05) is 24.6 Å². The van der Waals surface area contributed by atoms with Crippen molar-refractivity contribution < 1.29 is 9.53 Å². The number of carbonyl (C=O) groups is 1. The first-order valence-electron chi connectivity index (χ1n) is 7.64. The average molecular weight is 293 g/mol. The van der Waals surface area contributed by atoms with Crippen molar-refractivity contribution >= 4 is 11.8 Å². The largest absolute Gasteiger partial charge is 0.466 e.